The van der Waals surface area contributed by atoms with Crippen LogP contribution in [0.5, 0.6) is 0 Å². The van der Waals surface area contributed by atoms with Gasteiger partial charge >= 0.3 is 6.18 Å². The lowest BCUT2D eigenvalue weighted by atomic mass is 10.0. The monoisotopic (exact) mass is 395 g/mol. The zero-order valence-corrected chi connectivity index (χ0v) is 15.2. The third-order valence-corrected chi connectivity index (χ3v) is 4.77. The van der Waals surface area contributed by atoms with E-state index in [9.17, 15) is 23.3 Å². The highest BCUT2D eigenvalue weighted by Crippen LogP contribution is 2.35. The van der Waals surface area contributed by atoms with Crippen molar-refractivity contribution in [1.29, 1.82) is 0 Å². The SMILES string of the molecule is CCc1cc(N2CCC(Nc3ccc(C(F)(F)F)cc3[N+](=O)[O-])CC2)ncn1. The van der Waals surface area contributed by atoms with Crippen molar-refractivity contribution < 1.29 is 18.1 Å². The second-order valence-electron chi connectivity index (χ2n) is 6.61. The van der Waals surface area contributed by atoms with Crippen molar-refractivity contribution in [2.24, 2.45) is 0 Å². The summed E-state index contributed by atoms with van der Waals surface area (Å²) in [5.41, 5.74) is -0.548. The number of rotatable bonds is 5. The van der Waals surface area contributed by atoms with E-state index >= 15 is 0 Å². The molecule has 0 unspecified atom stereocenters. The number of nitrogens with zero attached hydrogens (tertiary/aromatic N) is 4. The Kier molecular flexibility index (Phi) is 5.66. The van der Waals surface area contributed by atoms with Gasteiger partial charge in [-0.3, -0.25) is 10.1 Å². The molecular formula is C18H20F3N5O2. The molecular weight excluding hydrogens is 375 g/mol. The highest BCUT2D eigenvalue weighted by atomic mass is 19.4. The molecule has 2 aromatic rings. The summed E-state index contributed by atoms with van der Waals surface area (Å²) in [6.07, 6.45) is -0.911. The molecule has 10 heteroatoms. The summed E-state index contributed by atoms with van der Waals surface area (Å²) in [7, 11) is 0. The average molecular weight is 395 g/mol. The van der Waals surface area contributed by atoms with Gasteiger partial charge in [-0.25, -0.2) is 9.97 Å². The second-order valence-corrected chi connectivity index (χ2v) is 6.61. The number of hydrogen-bond donors (Lipinski definition) is 1. The number of alkyl halides is 3. The van der Waals surface area contributed by atoms with E-state index in [1.165, 1.54) is 6.33 Å². The molecule has 1 N–H and O–H groups in total. The number of halogens is 3. The molecule has 1 aliphatic rings. The molecule has 0 spiro atoms. The van der Waals surface area contributed by atoms with Gasteiger partial charge in [0.25, 0.3) is 5.69 Å². The highest BCUT2D eigenvalue weighted by Gasteiger charge is 2.33. The fourth-order valence-electron chi connectivity index (χ4n) is 3.21. The number of anilines is 2. The molecule has 7 nitrogen and oxygen atoms in total. The molecule has 1 aromatic heterocycles. The van der Waals surface area contributed by atoms with Crippen molar-refractivity contribution in [3.63, 3.8) is 0 Å². The van der Waals surface area contributed by atoms with Gasteiger partial charge in [0.1, 0.15) is 17.8 Å². The zero-order valence-electron chi connectivity index (χ0n) is 15.2. The molecule has 0 atom stereocenters. The Morgan fingerprint density at radius 3 is 2.57 bits per heavy atom. The number of nitro benzene ring substituents is 1. The molecule has 0 bridgehead atoms. The molecule has 1 aliphatic heterocycles. The highest BCUT2D eigenvalue weighted by molar-refractivity contribution is 5.63. The lowest BCUT2D eigenvalue weighted by Gasteiger charge is -2.33. The third kappa shape index (κ3) is 4.49. The molecule has 28 heavy (non-hydrogen) atoms. The van der Waals surface area contributed by atoms with E-state index in [1.807, 2.05) is 13.0 Å². The van der Waals surface area contributed by atoms with E-state index in [4.69, 9.17) is 0 Å². The minimum absolute atomic E-state index is 0.0702. The lowest BCUT2D eigenvalue weighted by Crippen LogP contribution is -2.39. The predicted octanol–water partition coefficient (Wildman–Crippen LogP) is 4.05. The number of aryl methyl sites for hydroxylation is 1. The van der Waals surface area contributed by atoms with Gasteiger partial charge in [0.2, 0.25) is 0 Å². The Balaban J connectivity index is 1.68. The van der Waals surface area contributed by atoms with Crippen LogP contribution >= 0.6 is 0 Å². The molecule has 3 rings (SSSR count). The Morgan fingerprint density at radius 1 is 1.25 bits per heavy atom. The van der Waals surface area contributed by atoms with E-state index in [-0.39, 0.29) is 11.7 Å². The normalized spacial score (nSPS) is 15.5. The first-order valence-corrected chi connectivity index (χ1v) is 8.96. The van der Waals surface area contributed by atoms with Gasteiger partial charge in [0, 0.05) is 37.0 Å². The first-order valence-electron chi connectivity index (χ1n) is 8.96. The first kappa shape index (κ1) is 19.8. The number of piperidine rings is 1. The van der Waals surface area contributed by atoms with Crippen LogP contribution in [0.3, 0.4) is 0 Å². The quantitative estimate of drug-likeness (QED) is 0.607. The van der Waals surface area contributed by atoms with Gasteiger partial charge in [0.15, 0.2) is 0 Å². The molecule has 150 valence electrons. The van der Waals surface area contributed by atoms with Crippen molar-refractivity contribution in [1.82, 2.24) is 9.97 Å². The minimum Gasteiger partial charge on any atom is -0.377 e. The second kappa shape index (κ2) is 7.99. The Hall–Kier alpha value is -2.91. The van der Waals surface area contributed by atoms with Gasteiger partial charge in [-0.1, -0.05) is 6.92 Å². The molecule has 0 radical (unpaired) electrons. The van der Waals surface area contributed by atoms with Crippen LogP contribution in [0.2, 0.25) is 0 Å². The van der Waals surface area contributed by atoms with E-state index in [0.29, 0.717) is 32.0 Å². The van der Waals surface area contributed by atoms with Crippen LogP contribution in [-0.4, -0.2) is 34.0 Å². The van der Waals surface area contributed by atoms with Gasteiger partial charge in [-0.15, -0.1) is 0 Å². The van der Waals surface area contributed by atoms with Crippen LogP contribution in [-0.2, 0) is 12.6 Å². The van der Waals surface area contributed by atoms with Crippen LogP contribution in [0.15, 0.2) is 30.6 Å². The van der Waals surface area contributed by atoms with Crippen molar-refractivity contribution in [3.8, 4) is 0 Å². The lowest BCUT2D eigenvalue weighted by molar-refractivity contribution is -0.384. The standard InChI is InChI=1S/C18H20F3N5O2/c1-2-13-10-17(23-11-22-13)25-7-5-14(6-8-25)24-15-4-3-12(18(19,20)21)9-16(15)26(27)28/h3-4,9-11,14,24H,2,5-8H2,1H3. The molecule has 1 fully saturated rings. The topological polar surface area (TPSA) is 84.2 Å². The summed E-state index contributed by atoms with van der Waals surface area (Å²) in [4.78, 5) is 21.0. The Labute approximate surface area is 159 Å². The summed E-state index contributed by atoms with van der Waals surface area (Å²) in [5.74, 6) is 0.839. The Morgan fingerprint density at radius 2 is 1.96 bits per heavy atom. The zero-order chi connectivity index (χ0) is 20.3. The van der Waals surface area contributed by atoms with Crippen molar-refractivity contribution in [3.05, 3.63) is 52.0 Å². The number of benzene rings is 1. The summed E-state index contributed by atoms with van der Waals surface area (Å²) >= 11 is 0. The van der Waals surface area contributed by atoms with Gasteiger partial charge in [-0.2, -0.15) is 13.2 Å². The molecule has 0 amide bonds. The van der Waals surface area contributed by atoms with Crippen molar-refractivity contribution in [2.45, 2.75) is 38.4 Å². The van der Waals surface area contributed by atoms with Crippen LogP contribution in [0.4, 0.5) is 30.4 Å². The van der Waals surface area contributed by atoms with Crippen LogP contribution in [0, 0.1) is 10.1 Å². The summed E-state index contributed by atoms with van der Waals surface area (Å²) in [6.45, 7) is 3.39. The van der Waals surface area contributed by atoms with Crippen LogP contribution in [0.1, 0.15) is 31.0 Å². The third-order valence-electron chi connectivity index (χ3n) is 4.77. The number of nitro groups is 1. The molecule has 0 aliphatic carbocycles. The van der Waals surface area contributed by atoms with Crippen molar-refractivity contribution in [2.75, 3.05) is 23.3 Å². The average Bonchev–Trinajstić information content (AvgIpc) is 2.68. The van der Waals surface area contributed by atoms with Gasteiger partial charge in [0.05, 0.1) is 10.5 Å². The number of hydrogen-bond acceptors (Lipinski definition) is 6. The number of aromatic nitrogens is 2. The maximum Gasteiger partial charge on any atom is 0.416 e. The maximum atomic E-state index is 12.8. The Bertz CT molecular complexity index is 851. The molecule has 1 saturated heterocycles. The summed E-state index contributed by atoms with van der Waals surface area (Å²) < 4.78 is 38.5. The fraction of sp³-hybridized carbons (Fsp3) is 0.444. The van der Waals surface area contributed by atoms with Gasteiger partial charge < -0.3 is 10.2 Å². The summed E-state index contributed by atoms with van der Waals surface area (Å²) in [5, 5.41) is 14.3. The predicted molar refractivity (Wildman–Crippen MR) is 98.4 cm³/mol. The van der Waals surface area contributed by atoms with Crippen LogP contribution in [0.25, 0.3) is 0 Å². The molecule has 1 aromatic carbocycles. The first-order chi connectivity index (χ1) is 13.3. The minimum atomic E-state index is -4.62. The van der Waals surface area contributed by atoms with Crippen LogP contribution < -0.4 is 10.2 Å². The largest absolute Gasteiger partial charge is 0.416 e. The van der Waals surface area contributed by atoms with Crippen molar-refractivity contribution >= 4 is 17.2 Å². The molecule has 2 heterocycles. The summed E-state index contributed by atoms with van der Waals surface area (Å²) in [6, 6.07) is 4.43. The van der Waals surface area contributed by atoms with Gasteiger partial charge in [-0.05, 0) is 31.4 Å². The van der Waals surface area contributed by atoms with E-state index in [1.54, 1.807) is 0 Å². The van der Waals surface area contributed by atoms with E-state index < -0.39 is 22.4 Å². The number of nitrogens with one attached hydrogen (secondary N) is 1. The molecule has 0 saturated carbocycles. The van der Waals surface area contributed by atoms with E-state index in [2.05, 4.69) is 20.2 Å². The van der Waals surface area contributed by atoms with E-state index in [0.717, 1.165) is 30.1 Å². The smallest absolute Gasteiger partial charge is 0.377 e. The maximum absolute atomic E-state index is 12.8. The fourth-order valence-corrected chi connectivity index (χ4v) is 3.21.